The van der Waals surface area contributed by atoms with Crippen LogP contribution < -0.4 is 10.6 Å². The first-order valence-electron chi connectivity index (χ1n) is 8.92. The van der Waals surface area contributed by atoms with Crippen molar-refractivity contribution in [3.05, 3.63) is 0 Å². The smallest absolute Gasteiger partial charge is 0.234 e. The van der Waals surface area contributed by atoms with E-state index >= 15 is 0 Å². The van der Waals surface area contributed by atoms with E-state index in [1.807, 2.05) is 0 Å². The minimum absolute atomic E-state index is 0.214. The maximum absolute atomic E-state index is 12.3. The SMILES string of the molecule is CC(C)N(CC(=O)NC1CCCCC1)CC1CCCCN1. The van der Waals surface area contributed by atoms with Crippen molar-refractivity contribution in [1.82, 2.24) is 15.5 Å². The largest absolute Gasteiger partial charge is 0.352 e. The van der Waals surface area contributed by atoms with Crippen LogP contribution in [0.4, 0.5) is 0 Å². The van der Waals surface area contributed by atoms with E-state index < -0.39 is 0 Å². The fourth-order valence-corrected chi connectivity index (χ4v) is 3.53. The predicted molar refractivity (Wildman–Crippen MR) is 87.4 cm³/mol. The molecule has 4 nitrogen and oxygen atoms in total. The van der Waals surface area contributed by atoms with Crippen LogP contribution in [0, 0.1) is 0 Å². The number of carbonyl (C=O) groups excluding carboxylic acids is 1. The van der Waals surface area contributed by atoms with Crippen molar-refractivity contribution < 1.29 is 4.79 Å². The molecule has 0 aromatic rings. The van der Waals surface area contributed by atoms with Crippen LogP contribution in [0.3, 0.4) is 0 Å². The van der Waals surface area contributed by atoms with E-state index in [0.717, 1.165) is 25.9 Å². The highest BCUT2D eigenvalue weighted by Crippen LogP contribution is 2.17. The van der Waals surface area contributed by atoms with Crippen LogP contribution in [0.2, 0.25) is 0 Å². The van der Waals surface area contributed by atoms with E-state index in [2.05, 4.69) is 29.4 Å². The van der Waals surface area contributed by atoms with Gasteiger partial charge in [0.1, 0.15) is 0 Å². The predicted octanol–water partition coefficient (Wildman–Crippen LogP) is 2.29. The highest BCUT2D eigenvalue weighted by atomic mass is 16.2. The maximum atomic E-state index is 12.3. The summed E-state index contributed by atoms with van der Waals surface area (Å²) in [6.07, 6.45) is 10.0. The molecule has 1 unspecified atom stereocenters. The van der Waals surface area contributed by atoms with Gasteiger partial charge in [-0.1, -0.05) is 25.7 Å². The first-order chi connectivity index (χ1) is 10.1. The number of hydrogen-bond donors (Lipinski definition) is 2. The Morgan fingerprint density at radius 1 is 1.14 bits per heavy atom. The monoisotopic (exact) mass is 295 g/mol. The van der Waals surface area contributed by atoms with Gasteiger partial charge < -0.3 is 10.6 Å². The molecule has 2 rings (SSSR count). The summed E-state index contributed by atoms with van der Waals surface area (Å²) < 4.78 is 0. The zero-order valence-electron chi connectivity index (χ0n) is 13.9. The van der Waals surface area contributed by atoms with Gasteiger partial charge in [0.15, 0.2) is 0 Å². The van der Waals surface area contributed by atoms with Gasteiger partial charge >= 0.3 is 0 Å². The molecule has 0 aromatic heterocycles. The summed E-state index contributed by atoms with van der Waals surface area (Å²) in [5.41, 5.74) is 0. The number of piperidine rings is 1. The molecule has 1 amide bonds. The Balaban J connectivity index is 1.76. The number of rotatable bonds is 6. The van der Waals surface area contributed by atoms with E-state index in [0.29, 0.717) is 24.7 Å². The molecular formula is C17H33N3O. The van der Waals surface area contributed by atoms with E-state index in [4.69, 9.17) is 0 Å². The second-order valence-corrected chi connectivity index (χ2v) is 7.07. The summed E-state index contributed by atoms with van der Waals surface area (Å²) >= 11 is 0. The maximum Gasteiger partial charge on any atom is 0.234 e. The molecule has 1 aliphatic carbocycles. The lowest BCUT2D eigenvalue weighted by molar-refractivity contribution is -0.123. The van der Waals surface area contributed by atoms with Crippen LogP contribution in [0.1, 0.15) is 65.2 Å². The third kappa shape index (κ3) is 5.95. The Kier molecular flexibility index (Phi) is 6.97. The Hall–Kier alpha value is -0.610. The Bertz CT molecular complexity index is 307. The van der Waals surface area contributed by atoms with E-state index in [-0.39, 0.29) is 5.91 Å². The Labute approximate surface area is 130 Å². The van der Waals surface area contributed by atoms with E-state index in [1.54, 1.807) is 0 Å². The summed E-state index contributed by atoms with van der Waals surface area (Å²) in [5.74, 6) is 0.214. The van der Waals surface area contributed by atoms with Crippen LogP contribution in [-0.2, 0) is 4.79 Å². The average molecular weight is 295 g/mol. The van der Waals surface area contributed by atoms with Crippen molar-refractivity contribution in [3.63, 3.8) is 0 Å². The molecule has 0 radical (unpaired) electrons. The van der Waals surface area contributed by atoms with Gasteiger partial charge in [-0.15, -0.1) is 0 Å². The number of nitrogens with zero attached hydrogens (tertiary/aromatic N) is 1. The molecule has 1 heterocycles. The zero-order chi connectivity index (χ0) is 15.1. The molecule has 122 valence electrons. The van der Waals surface area contributed by atoms with Crippen molar-refractivity contribution >= 4 is 5.91 Å². The Morgan fingerprint density at radius 2 is 1.86 bits per heavy atom. The lowest BCUT2D eigenvalue weighted by Crippen LogP contribution is -2.50. The number of amides is 1. The standard InChI is InChI=1S/C17H33N3O/c1-14(2)20(12-16-10-6-7-11-18-16)13-17(21)19-15-8-4-3-5-9-15/h14-16,18H,3-13H2,1-2H3,(H,19,21). The Morgan fingerprint density at radius 3 is 2.48 bits per heavy atom. The normalized spacial score (nSPS) is 24.5. The minimum atomic E-state index is 0.214. The van der Waals surface area contributed by atoms with E-state index in [1.165, 1.54) is 38.5 Å². The van der Waals surface area contributed by atoms with Crippen molar-refractivity contribution in [3.8, 4) is 0 Å². The number of hydrogen-bond acceptors (Lipinski definition) is 3. The van der Waals surface area contributed by atoms with Gasteiger partial charge in [-0.05, 0) is 46.1 Å². The molecule has 1 saturated heterocycles. The van der Waals surface area contributed by atoms with Gasteiger partial charge in [0.25, 0.3) is 0 Å². The van der Waals surface area contributed by atoms with Crippen LogP contribution in [0.5, 0.6) is 0 Å². The van der Waals surface area contributed by atoms with Crippen LogP contribution in [0.25, 0.3) is 0 Å². The molecule has 2 aliphatic rings. The van der Waals surface area contributed by atoms with Crippen LogP contribution in [0.15, 0.2) is 0 Å². The van der Waals surface area contributed by atoms with Gasteiger partial charge in [0, 0.05) is 24.7 Å². The van der Waals surface area contributed by atoms with Gasteiger partial charge in [0.05, 0.1) is 6.54 Å². The third-order valence-corrected chi connectivity index (χ3v) is 4.91. The molecule has 0 bridgehead atoms. The fraction of sp³-hybridized carbons (Fsp3) is 0.941. The molecular weight excluding hydrogens is 262 g/mol. The average Bonchev–Trinajstić information content (AvgIpc) is 2.48. The molecule has 21 heavy (non-hydrogen) atoms. The lowest BCUT2D eigenvalue weighted by Gasteiger charge is -2.33. The topological polar surface area (TPSA) is 44.4 Å². The first kappa shape index (κ1) is 16.8. The number of carbonyl (C=O) groups is 1. The highest BCUT2D eigenvalue weighted by Gasteiger charge is 2.22. The van der Waals surface area contributed by atoms with Gasteiger partial charge in [-0.2, -0.15) is 0 Å². The van der Waals surface area contributed by atoms with Gasteiger partial charge in [-0.3, -0.25) is 9.69 Å². The molecule has 0 spiro atoms. The first-order valence-corrected chi connectivity index (χ1v) is 8.92. The van der Waals surface area contributed by atoms with Gasteiger partial charge in [-0.25, -0.2) is 0 Å². The van der Waals surface area contributed by atoms with Gasteiger partial charge in [0.2, 0.25) is 5.91 Å². The van der Waals surface area contributed by atoms with Crippen LogP contribution >= 0.6 is 0 Å². The minimum Gasteiger partial charge on any atom is -0.352 e. The summed E-state index contributed by atoms with van der Waals surface area (Å²) in [7, 11) is 0. The zero-order valence-corrected chi connectivity index (χ0v) is 13.9. The summed E-state index contributed by atoms with van der Waals surface area (Å²) in [5, 5.41) is 6.83. The fourth-order valence-electron chi connectivity index (χ4n) is 3.53. The molecule has 1 atom stereocenters. The van der Waals surface area contributed by atoms with Crippen molar-refractivity contribution in [2.24, 2.45) is 0 Å². The summed E-state index contributed by atoms with van der Waals surface area (Å²) in [6.45, 7) is 7.06. The second kappa shape index (κ2) is 8.74. The molecule has 4 heteroatoms. The molecule has 0 aromatic carbocycles. The third-order valence-electron chi connectivity index (χ3n) is 4.91. The summed E-state index contributed by atoms with van der Waals surface area (Å²) in [4.78, 5) is 14.6. The second-order valence-electron chi connectivity index (χ2n) is 7.07. The van der Waals surface area contributed by atoms with Crippen molar-refractivity contribution in [2.45, 2.75) is 83.3 Å². The highest BCUT2D eigenvalue weighted by molar-refractivity contribution is 5.78. The van der Waals surface area contributed by atoms with Crippen molar-refractivity contribution in [2.75, 3.05) is 19.6 Å². The molecule has 1 saturated carbocycles. The van der Waals surface area contributed by atoms with E-state index in [9.17, 15) is 4.79 Å². The molecule has 2 fully saturated rings. The molecule has 1 aliphatic heterocycles. The quantitative estimate of drug-likeness (QED) is 0.790. The molecule has 2 N–H and O–H groups in total. The lowest BCUT2D eigenvalue weighted by atomic mass is 9.95. The number of nitrogens with one attached hydrogen (secondary N) is 2. The van der Waals surface area contributed by atoms with Crippen molar-refractivity contribution in [1.29, 1.82) is 0 Å². The summed E-state index contributed by atoms with van der Waals surface area (Å²) in [6, 6.07) is 1.41. The van der Waals surface area contributed by atoms with Crippen LogP contribution in [-0.4, -0.2) is 48.6 Å².